The zero-order chi connectivity index (χ0) is 23.5. The number of amides is 1. The molecule has 9 heteroatoms. The molecule has 170 valence electrons. The van der Waals surface area contributed by atoms with Crippen LogP contribution in [0, 0.1) is 5.82 Å². The zero-order valence-electron chi connectivity index (χ0n) is 18.4. The highest BCUT2D eigenvalue weighted by Gasteiger charge is 2.18. The molecule has 4 aromatic rings. The number of fused-ring (bicyclic) bond motifs is 1. The lowest BCUT2D eigenvalue weighted by Crippen LogP contribution is -2.21. The molecular weight excluding hydrogens is 433 g/mol. The van der Waals surface area contributed by atoms with Crippen LogP contribution in [0.25, 0.3) is 39.3 Å². The Balaban J connectivity index is 1.57. The second kappa shape index (κ2) is 9.14. The predicted molar refractivity (Wildman–Crippen MR) is 129 cm³/mol. The van der Waals surface area contributed by atoms with E-state index in [0.29, 0.717) is 41.3 Å². The van der Waals surface area contributed by atoms with Crippen molar-refractivity contribution in [3.8, 4) is 22.6 Å². The lowest BCUT2D eigenvalue weighted by Gasteiger charge is -2.11. The van der Waals surface area contributed by atoms with Crippen molar-refractivity contribution in [2.45, 2.75) is 13.3 Å². The number of rotatable bonds is 5. The molecule has 8 nitrogen and oxygen atoms in total. The lowest BCUT2D eigenvalue weighted by atomic mass is 10.0. The van der Waals surface area contributed by atoms with Gasteiger partial charge in [-0.25, -0.2) is 9.37 Å². The predicted octanol–water partition coefficient (Wildman–Crippen LogP) is 4.06. The molecule has 1 aliphatic heterocycles. The Hall–Kier alpha value is -4.53. The lowest BCUT2D eigenvalue weighted by molar-refractivity contribution is -0.120. The van der Waals surface area contributed by atoms with Crippen molar-refractivity contribution in [1.82, 2.24) is 35.8 Å². The normalized spacial score (nSPS) is 17.6. The molecular formula is C25H22FN7O. The van der Waals surface area contributed by atoms with Crippen LogP contribution in [0.3, 0.4) is 0 Å². The quantitative estimate of drug-likeness (QED) is 0.363. The number of nitrogens with one attached hydrogen (secondary N) is 4. The van der Waals surface area contributed by atoms with Crippen molar-refractivity contribution < 1.29 is 9.18 Å². The summed E-state index contributed by atoms with van der Waals surface area (Å²) in [6.45, 7) is 2.42. The number of imidazole rings is 1. The Morgan fingerprint density at radius 1 is 1.21 bits per heavy atom. The molecule has 3 aromatic heterocycles. The molecule has 4 heterocycles. The van der Waals surface area contributed by atoms with Gasteiger partial charge in [0.05, 0.1) is 23.4 Å². The molecule has 0 bridgehead atoms. The van der Waals surface area contributed by atoms with Crippen LogP contribution in [0.1, 0.15) is 18.9 Å². The molecule has 0 radical (unpaired) electrons. The summed E-state index contributed by atoms with van der Waals surface area (Å²) in [5, 5.41) is 13.4. The minimum atomic E-state index is -0.323. The van der Waals surface area contributed by atoms with Gasteiger partial charge in [-0.05, 0) is 29.8 Å². The Kier molecular flexibility index (Phi) is 5.73. The van der Waals surface area contributed by atoms with Crippen molar-refractivity contribution >= 4 is 22.5 Å². The van der Waals surface area contributed by atoms with E-state index in [1.165, 1.54) is 12.1 Å². The number of H-pyrrole nitrogens is 2. The van der Waals surface area contributed by atoms with Crippen LogP contribution in [-0.4, -0.2) is 37.6 Å². The largest absolute Gasteiger partial charge is 0.387 e. The first-order valence-corrected chi connectivity index (χ1v) is 10.9. The summed E-state index contributed by atoms with van der Waals surface area (Å²) in [5.74, 6) is 0.182. The third-order valence-corrected chi connectivity index (χ3v) is 5.42. The van der Waals surface area contributed by atoms with Crippen LogP contribution in [0.4, 0.5) is 4.39 Å². The number of hydrogen-bond donors (Lipinski definition) is 4. The van der Waals surface area contributed by atoms with Gasteiger partial charge in [0.2, 0.25) is 5.91 Å². The molecule has 34 heavy (non-hydrogen) atoms. The molecule has 0 atom stereocenters. The Morgan fingerprint density at radius 3 is 2.97 bits per heavy atom. The molecule has 4 N–H and O–H groups in total. The standard InChI is InChI=1S/C25H22FN7O/c1-2-22(34)30-18-7-4-8-27-11-16(10-18)20-13-29-33-24(20)25-31-21-14-28-12-19(23(21)32-25)15-5-3-6-17(26)9-15/h3-7,9-14,27H,2,8H2,1H3,(H,29,33)(H,30,34)(H,31,32)/b7-4+,16-11+,18-10+. The number of benzene rings is 1. The number of carbonyl (C=O) groups excluding carboxylic acids is 1. The SMILES string of the molecule is CCC(=O)NC1=C/C(c2cn[nH]c2-c2nc3c(-c4cccc(F)c4)cncc3[nH]2)=C\NC\C=C\1. The number of aromatic amines is 2. The van der Waals surface area contributed by atoms with Crippen molar-refractivity contribution in [3.05, 3.63) is 84.4 Å². The Labute approximate surface area is 194 Å². The monoisotopic (exact) mass is 455 g/mol. The fourth-order valence-corrected chi connectivity index (χ4v) is 3.77. The fourth-order valence-electron chi connectivity index (χ4n) is 3.77. The van der Waals surface area contributed by atoms with Gasteiger partial charge in [-0.3, -0.25) is 14.9 Å². The first-order valence-electron chi connectivity index (χ1n) is 10.9. The van der Waals surface area contributed by atoms with E-state index in [2.05, 4.69) is 30.8 Å². The van der Waals surface area contributed by atoms with E-state index >= 15 is 0 Å². The molecule has 0 unspecified atom stereocenters. The second-order valence-electron chi connectivity index (χ2n) is 7.75. The number of allylic oxidation sites excluding steroid dienone is 3. The summed E-state index contributed by atoms with van der Waals surface area (Å²) in [6.07, 6.45) is 13.0. The van der Waals surface area contributed by atoms with Crippen LogP contribution < -0.4 is 10.6 Å². The molecule has 0 fully saturated rings. The molecule has 5 rings (SSSR count). The van der Waals surface area contributed by atoms with E-state index in [1.807, 2.05) is 37.4 Å². The highest BCUT2D eigenvalue weighted by atomic mass is 19.1. The summed E-state index contributed by atoms with van der Waals surface area (Å²) in [4.78, 5) is 24.3. The van der Waals surface area contributed by atoms with E-state index in [-0.39, 0.29) is 11.7 Å². The molecule has 1 amide bonds. The fraction of sp³-hybridized carbons (Fsp3) is 0.120. The number of halogens is 1. The van der Waals surface area contributed by atoms with Gasteiger partial charge in [0, 0.05) is 47.8 Å². The van der Waals surface area contributed by atoms with Crippen molar-refractivity contribution in [2.24, 2.45) is 0 Å². The van der Waals surface area contributed by atoms with Gasteiger partial charge in [0.1, 0.15) is 11.5 Å². The molecule has 0 saturated carbocycles. The molecule has 0 saturated heterocycles. The van der Waals surface area contributed by atoms with Crippen molar-refractivity contribution in [2.75, 3.05) is 6.54 Å². The maximum atomic E-state index is 13.8. The van der Waals surface area contributed by atoms with E-state index in [4.69, 9.17) is 4.98 Å². The van der Waals surface area contributed by atoms with Gasteiger partial charge < -0.3 is 15.6 Å². The molecule has 0 spiro atoms. The first kappa shape index (κ1) is 21.3. The van der Waals surface area contributed by atoms with Gasteiger partial charge in [-0.15, -0.1) is 0 Å². The maximum absolute atomic E-state index is 13.8. The van der Waals surface area contributed by atoms with Gasteiger partial charge in [0.25, 0.3) is 0 Å². The molecule has 1 aliphatic rings. The third-order valence-electron chi connectivity index (χ3n) is 5.42. The third kappa shape index (κ3) is 4.23. The van der Waals surface area contributed by atoms with Crippen LogP contribution in [0.2, 0.25) is 0 Å². The second-order valence-corrected chi connectivity index (χ2v) is 7.75. The van der Waals surface area contributed by atoms with Crippen LogP contribution in [-0.2, 0) is 4.79 Å². The first-order chi connectivity index (χ1) is 16.6. The summed E-state index contributed by atoms with van der Waals surface area (Å²) < 4.78 is 13.8. The van der Waals surface area contributed by atoms with Gasteiger partial charge >= 0.3 is 0 Å². The van der Waals surface area contributed by atoms with Gasteiger partial charge in [-0.1, -0.05) is 25.1 Å². The van der Waals surface area contributed by atoms with Crippen molar-refractivity contribution in [1.29, 1.82) is 0 Å². The smallest absolute Gasteiger partial charge is 0.224 e. The topological polar surface area (TPSA) is 111 Å². The Bertz CT molecular complexity index is 1460. The summed E-state index contributed by atoms with van der Waals surface area (Å²) in [5.41, 5.74) is 5.80. The van der Waals surface area contributed by atoms with Crippen LogP contribution in [0.15, 0.2) is 73.0 Å². The number of pyridine rings is 1. The summed E-state index contributed by atoms with van der Waals surface area (Å²) in [6, 6.07) is 6.35. The van der Waals surface area contributed by atoms with E-state index in [1.54, 1.807) is 24.7 Å². The van der Waals surface area contributed by atoms with E-state index in [0.717, 1.165) is 22.2 Å². The average Bonchev–Trinajstić information content (AvgIpc) is 3.47. The highest BCUT2D eigenvalue weighted by Crippen LogP contribution is 2.31. The Morgan fingerprint density at radius 2 is 2.12 bits per heavy atom. The van der Waals surface area contributed by atoms with Crippen LogP contribution >= 0.6 is 0 Å². The van der Waals surface area contributed by atoms with Gasteiger partial charge in [0.15, 0.2) is 5.82 Å². The number of nitrogens with zero attached hydrogens (tertiary/aromatic N) is 3. The van der Waals surface area contributed by atoms with Crippen LogP contribution in [0.5, 0.6) is 0 Å². The van der Waals surface area contributed by atoms with Gasteiger partial charge in [-0.2, -0.15) is 5.10 Å². The molecule has 0 aliphatic carbocycles. The summed E-state index contributed by atoms with van der Waals surface area (Å²) in [7, 11) is 0. The minimum Gasteiger partial charge on any atom is -0.387 e. The van der Waals surface area contributed by atoms with E-state index in [9.17, 15) is 9.18 Å². The van der Waals surface area contributed by atoms with Crippen molar-refractivity contribution in [3.63, 3.8) is 0 Å². The summed E-state index contributed by atoms with van der Waals surface area (Å²) >= 11 is 0. The highest BCUT2D eigenvalue weighted by molar-refractivity contribution is 5.93. The number of hydrogen-bond acceptors (Lipinski definition) is 5. The molecule has 1 aromatic carbocycles. The minimum absolute atomic E-state index is 0.0640. The maximum Gasteiger partial charge on any atom is 0.224 e. The van der Waals surface area contributed by atoms with E-state index < -0.39 is 0 Å². The number of aromatic nitrogens is 5. The number of carbonyl (C=O) groups is 1. The average molecular weight is 455 g/mol. The zero-order valence-corrected chi connectivity index (χ0v) is 18.4.